The van der Waals surface area contributed by atoms with Crippen LogP contribution in [0.1, 0.15) is 76.6 Å². The summed E-state index contributed by atoms with van der Waals surface area (Å²) in [5.74, 6) is -0.100. The highest BCUT2D eigenvalue weighted by atomic mass is 31.2. The molecule has 0 radical (unpaired) electrons. The molecule has 0 aliphatic carbocycles. The topological polar surface area (TPSA) is 194 Å². The zero-order valence-electron chi connectivity index (χ0n) is 25.5. The van der Waals surface area contributed by atoms with E-state index in [-0.39, 0.29) is 30.4 Å². The molecule has 5 rings (SSSR count). The van der Waals surface area contributed by atoms with Crippen molar-refractivity contribution in [3.63, 3.8) is 0 Å². The average molecular weight is 636 g/mol. The molecule has 5 heterocycles. The molecule has 3 unspecified atom stereocenters. The maximum atomic E-state index is 14.5. The van der Waals surface area contributed by atoms with Crippen molar-refractivity contribution in [2.45, 2.75) is 97.6 Å². The smallest absolute Gasteiger partial charge is 0.352 e. The number of aromatic nitrogens is 7. The van der Waals surface area contributed by atoms with Gasteiger partial charge in [0.25, 0.3) is 11.1 Å². The fraction of sp³-hybridized carbons (Fsp3) is 0.630. The molecule has 0 amide bonds. The molecule has 0 bridgehead atoms. The van der Waals surface area contributed by atoms with E-state index in [1.54, 1.807) is 13.8 Å². The summed E-state index contributed by atoms with van der Waals surface area (Å²) in [6, 6.07) is -0.0688. The number of nitrogens with zero attached hydrogens (tertiary/aromatic N) is 5. The highest BCUT2D eigenvalue weighted by molar-refractivity contribution is 7.61. The second-order valence-corrected chi connectivity index (χ2v) is 13.6. The lowest BCUT2D eigenvalue weighted by Crippen LogP contribution is -2.33. The van der Waals surface area contributed by atoms with Crippen LogP contribution in [0.25, 0.3) is 0 Å². The van der Waals surface area contributed by atoms with Crippen LogP contribution in [0.2, 0.25) is 0 Å². The largest absolute Gasteiger partial charge is 0.383 e. The second kappa shape index (κ2) is 12.5. The van der Waals surface area contributed by atoms with Crippen molar-refractivity contribution in [2.75, 3.05) is 6.61 Å². The van der Waals surface area contributed by atoms with E-state index in [1.807, 2.05) is 27.7 Å². The van der Waals surface area contributed by atoms with Gasteiger partial charge in [0.15, 0.2) is 5.44 Å². The quantitative estimate of drug-likeness (QED) is 0.306. The molecule has 2 aliphatic heterocycles. The normalized spacial score (nSPS) is 26.8. The lowest BCUT2D eigenvalue weighted by atomic mass is 10.0. The number of aromatic amines is 2. The van der Waals surface area contributed by atoms with E-state index in [0.717, 1.165) is 0 Å². The van der Waals surface area contributed by atoms with Gasteiger partial charge in [-0.3, -0.25) is 37.8 Å². The van der Waals surface area contributed by atoms with Gasteiger partial charge in [0, 0.05) is 36.0 Å². The lowest BCUT2D eigenvalue weighted by Gasteiger charge is -2.25. The Morgan fingerprint density at radius 2 is 1.52 bits per heavy atom. The molecule has 2 saturated heterocycles. The summed E-state index contributed by atoms with van der Waals surface area (Å²) in [4.78, 5) is 53.3. The number of H-pyrrole nitrogens is 2. The zero-order chi connectivity index (χ0) is 31.9. The van der Waals surface area contributed by atoms with Crippen molar-refractivity contribution in [3.8, 4) is 0 Å². The van der Waals surface area contributed by atoms with Crippen LogP contribution in [0.3, 0.4) is 0 Å². The maximum Gasteiger partial charge on any atom is 0.383 e. The van der Waals surface area contributed by atoms with Crippen LogP contribution in [0.4, 0.5) is 0 Å². The van der Waals surface area contributed by atoms with Crippen LogP contribution in [0.15, 0.2) is 37.8 Å². The average Bonchev–Trinajstić information content (AvgIpc) is 3.70. The first kappa shape index (κ1) is 32.0. The first-order chi connectivity index (χ1) is 20.8. The molecule has 3 aromatic heterocycles. The predicted octanol–water partition coefficient (Wildman–Crippen LogP) is 1.42. The van der Waals surface area contributed by atoms with E-state index in [9.17, 15) is 23.7 Å². The predicted molar refractivity (Wildman–Crippen MR) is 157 cm³/mol. The Kier molecular flexibility index (Phi) is 9.10. The minimum atomic E-state index is -4.15. The molecular formula is C27H38N7O9P. The lowest BCUT2D eigenvalue weighted by molar-refractivity contribution is -0.0340. The Hall–Kier alpha value is -3.43. The highest BCUT2D eigenvalue weighted by Crippen LogP contribution is 2.51. The van der Waals surface area contributed by atoms with Crippen LogP contribution in [0, 0.1) is 19.8 Å². The van der Waals surface area contributed by atoms with Gasteiger partial charge in [-0.05, 0) is 46.5 Å². The summed E-state index contributed by atoms with van der Waals surface area (Å²) in [6.07, 6.45) is 2.20. The second-order valence-electron chi connectivity index (χ2n) is 11.7. The molecule has 7 atom stereocenters. The fourth-order valence-corrected chi connectivity index (χ4v) is 6.97. The van der Waals surface area contributed by atoms with Gasteiger partial charge in [-0.15, -0.1) is 5.10 Å². The Balaban J connectivity index is 1.38. The molecular weight excluding hydrogens is 597 g/mol. The van der Waals surface area contributed by atoms with E-state index in [4.69, 9.17) is 18.5 Å². The number of nitrogens with one attached hydrogen (secondary N) is 2. The highest BCUT2D eigenvalue weighted by Gasteiger charge is 2.45. The number of rotatable bonds is 10. The number of aryl methyl sites for hydroxylation is 2. The van der Waals surface area contributed by atoms with Crippen molar-refractivity contribution >= 4 is 13.0 Å². The van der Waals surface area contributed by atoms with Crippen molar-refractivity contribution in [1.29, 1.82) is 0 Å². The number of ether oxygens (including phenoxy) is 2. The van der Waals surface area contributed by atoms with Crippen molar-refractivity contribution in [3.05, 3.63) is 71.4 Å². The molecule has 0 aromatic carbocycles. The van der Waals surface area contributed by atoms with Crippen molar-refractivity contribution in [2.24, 2.45) is 5.92 Å². The summed E-state index contributed by atoms with van der Waals surface area (Å²) in [5, 5.41) is 8.20. The van der Waals surface area contributed by atoms with Gasteiger partial charge in [0.1, 0.15) is 12.5 Å². The number of hydrogen-bond acceptors (Lipinski definition) is 11. The van der Waals surface area contributed by atoms with Gasteiger partial charge in [-0.2, -0.15) is 0 Å². The summed E-state index contributed by atoms with van der Waals surface area (Å²) < 4.78 is 43.2. The molecule has 2 N–H and O–H groups in total. The summed E-state index contributed by atoms with van der Waals surface area (Å²) in [7, 11) is -4.15. The number of hydrogen-bond donors (Lipinski definition) is 2. The van der Waals surface area contributed by atoms with Crippen LogP contribution in [-0.4, -0.2) is 59.0 Å². The first-order valence-electron chi connectivity index (χ1n) is 14.6. The van der Waals surface area contributed by atoms with E-state index < -0.39 is 60.9 Å². The van der Waals surface area contributed by atoms with Gasteiger partial charge < -0.3 is 14.0 Å². The van der Waals surface area contributed by atoms with Crippen LogP contribution < -0.4 is 27.9 Å². The van der Waals surface area contributed by atoms with Gasteiger partial charge >= 0.3 is 19.0 Å². The summed E-state index contributed by atoms with van der Waals surface area (Å²) in [6.45, 7) is 10.6. The Labute approximate surface area is 251 Å². The molecule has 240 valence electrons. The van der Waals surface area contributed by atoms with E-state index >= 15 is 0 Å². The molecule has 44 heavy (non-hydrogen) atoms. The molecule has 2 aliphatic rings. The third-order valence-electron chi connectivity index (χ3n) is 8.03. The van der Waals surface area contributed by atoms with E-state index in [2.05, 4.69) is 20.3 Å². The zero-order valence-corrected chi connectivity index (χ0v) is 26.4. The Morgan fingerprint density at radius 3 is 2.07 bits per heavy atom. The van der Waals surface area contributed by atoms with Crippen molar-refractivity contribution < 1.29 is 23.1 Å². The van der Waals surface area contributed by atoms with Crippen LogP contribution in [-0.2, 0) is 23.1 Å². The third-order valence-corrected chi connectivity index (χ3v) is 9.83. The SMILES string of the molecule is CC[C@H]1O[C@@H](n2cc(C)c(=O)[nH]c2=O)CC1OP(=O)(OC[C@H]1O[C@@H](n2cc(C)c(=O)[nH]c2=O)CC1C)c1cn(C(C)C)nn1. The Bertz CT molecular complexity index is 1790. The summed E-state index contributed by atoms with van der Waals surface area (Å²) >= 11 is 0. The van der Waals surface area contributed by atoms with Gasteiger partial charge in [-0.25, -0.2) is 14.3 Å². The molecule has 17 heteroatoms. The molecule has 0 spiro atoms. The maximum absolute atomic E-state index is 14.5. The molecule has 2 fully saturated rings. The van der Waals surface area contributed by atoms with E-state index in [0.29, 0.717) is 24.0 Å². The third kappa shape index (κ3) is 6.35. The first-order valence-corrected chi connectivity index (χ1v) is 16.1. The monoisotopic (exact) mass is 635 g/mol. The van der Waals surface area contributed by atoms with Gasteiger partial charge in [0.05, 0.1) is 31.1 Å². The molecule has 0 saturated carbocycles. The minimum absolute atomic E-state index is 0.0104. The standard InChI is InChI=1S/C27H38N7O9P/c1-7-18-19(9-23(41-18)33-11-17(6)25(36)29-27(33)38)43-44(39,21-12-34(14(2)3)31-30-21)40-13-20-15(4)8-22(42-20)32-10-16(5)24(35)28-26(32)37/h10-12,14-15,18-20,22-23H,7-9,13H2,1-6H3,(H,28,35,37)(H,29,36,38)/t15?,18-,19?,20-,22-,23-,44?/m1/s1. The van der Waals surface area contributed by atoms with Gasteiger partial charge in [-0.1, -0.05) is 19.1 Å². The Morgan fingerprint density at radius 1 is 0.955 bits per heavy atom. The van der Waals surface area contributed by atoms with Gasteiger partial charge in [0.2, 0.25) is 0 Å². The van der Waals surface area contributed by atoms with Crippen molar-refractivity contribution in [1.82, 2.24) is 34.1 Å². The van der Waals surface area contributed by atoms with Crippen LogP contribution in [0.5, 0.6) is 0 Å². The summed E-state index contributed by atoms with van der Waals surface area (Å²) in [5.41, 5.74) is -1.44. The molecule has 3 aromatic rings. The van der Waals surface area contributed by atoms with E-state index in [1.165, 1.54) is 32.4 Å². The minimum Gasteiger partial charge on any atom is -0.352 e. The molecule has 16 nitrogen and oxygen atoms in total. The fourth-order valence-electron chi connectivity index (χ4n) is 5.33. The van der Waals surface area contributed by atoms with Crippen LogP contribution >= 0.6 is 7.60 Å².